The van der Waals surface area contributed by atoms with Crippen LogP contribution in [0.1, 0.15) is 11.1 Å². The summed E-state index contributed by atoms with van der Waals surface area (Å²) in [6.07, 6.45) is 6.71. The van der Waals surface area contributed by atoms with E-state index in [4.69, 9.17) is 5.21 Å². The summed E-state index contributed by atoms with van der Waals surface area (Å²) < 4.78 is 26.4. The van der Waals surface area contributed by atoms with E-state index in [2.05, 4.69) is 0 Å². The fourth-order valence-corrected chi connectivity index (χ4v) is 3.41. The van der Waals surface area contributed by atoms with Crippen molar-refractivity contribution in [3.63, 3.8) is 0 Å². The smallest absolute Gasteiger partial charge is 0.267 e. The molecule has 2 rings (SSSR count). The Morgan fingerprint density at radius 1 is 1.17 bits per heavy atom. The lowest BCUT2D eigenvalue weighted by atomic mass is 10.2. The summed E-state index contributed by atoms with van der Waals surface area (Å²) in [5.41, 5.74) is 3.81. The quantitative estimate of drug-likeness (QED) is 0.755. The van der Waals surface area contributed by atoms with Gasteiger partial charge in [-0.05, 0) is 49.8 Å². The molecule has 0 saturated carbocycles. The monoisotopic (exact) mass is 335 g/mol. The van der Waals surface area contributed by atoms with Crippen LogP contribution in [0.2, 0.25) is 0 Å². The Kier molecular flexibility index (Phi) is 5.59. The van der Waals surface area contributed by atoms with Crippen molar-refractivity contribution in [2.24, 2.45) is 0 Å². The highest BCUT2D eigenvalue weighted by molar-refractivity contribution is 7.90. The Labute approximate surface area is 136 Å². The van der Waals surface area contributed by atoms with Crippen LogP contribution >= 0.6 is 0 Å². The first-order valence-electron chi connectivity index (χ1n) is 7.14. The van der Waals surface area contributed by atoms with Gasteiger partial charge in [-0.2, -0.15) is 0 Å². The zero-order valence-electron chi connectivity index (χ0n) is 13.2. The second-order valence-corrected chi connectivity index (χ2v) is 7.32. The number of nitrogens with zero attached hydrogens (tertiary/aromatic N) is 2. The highest BCUT2D eigenvalue weighted by atomic mass is 32.2. The van der Waals surface area contributed by atoms with Crippen LogP contribution < -0.4 is 5.48 Å². The standard InChI is InChI=1S/C16H21N3O3S/c1-18(2)12-15-5-7-16(8-6-15)23(21,22)19-11-9-14(13-19)4-3-10-17-20/h3,5-11,13,17,20H,4,12H2,1-2H3/b10-3+. The van der Waals surface area contributed by atoms with Gasteiger partial charge < -0.3 is 4.90 Å². The van der Waals surface area contributed by atoms with Crippen molar-refractivity contribution in [1.82, 2.24) is 14.4 Å². The van der Waals surface area contributed by atoms with E-state index in [1.54, 1.807) is 30.5 Å². The van der Waals surface area contributed by atoms with Gasteiger partial charge in [0.2, 0.25) is 0 Å². The second kappa shape index (κ2) is 7.45. The van der Waals surface area contributed by atoms with Crippen LogP contribution in [0.5, 0.6) is 0 Å². The third kappa shape index (κ3) is 4.44. The van der Waals surface area contributed by atoms with E-state index in [9.17, 15) is 8.42 Å². The minimum atomic E-state index is -3.58. The minimum Gasteiger partial charge on any atom is -0.305 e. The van der Waals surface area contributed by atoms with Gasteiger partial charge in [0.25, 0.3) is 10.0 Å². The molecule has 0 spiro atoms. The fourth-order valence-electron chi connectivity index (χ4n) is 2.19. The molecule has 124 valence electrons. The average molecular weight is 335 g/mol. The van der Waals surface area contributed by atoms with Crippen LogP contribution in [0, 0.1) is 0 Å². The lowest BCUT2D eigenvalue weighted by Crippen LogP contribution is -2.12. The first-order chi connectivity index (χ1) is 10.9. The highest BCUT2D eigenvalue weighted by Crippen LogP contribution is 2.17. The molecule has 23 heavy (non-hydrogen) atoms. The van der Waals surface area contributed by atoms with Gasteiger partial charge in [0, 0.05) is 25.1 Å². The molecule has 0 fully saturated rings. The third-order valence-electron chi connectivity index (χ3n) is 3.27. The van der Waals surface area contributed by atoms with Crippen molar-refractivity contribution < 1.29 is 13.6 Å². The zero-order valence-corrected chi connectivity index (χ0v) is 14.0. The molecule has 2 aromatic rings. The molecule has 0 unspecified atom stereocenters. The summed E-state index contributed by atoms with van der Waals surface area (Å²) in [5.74, 6) is 0. The first-order valence-corrected chi connectivity index (χ1v) is 8.58. The summed E-state index contributed by atoms with van der Waals surface area (Å²) in [6, 6.07) is 8.65. The molecule has 2 N–H and O–H groups in total. The lowest BCUT2D eigenvalue weighted by Gasteiger charge is -2.10. The van der Waals surface area contributed by atoms with Crippen molar-refractivity contribution in [3.8, 4) is 0 Å². The Bertz CT molecular complexity index is 762. The summed E-state index contributed by atoms with van der Waals surface area (Å²) in [4.78, 5) is 2.28. The maximum absolute atomic E-state index is 12.6. The number of hydrogen-bond acceptors (Lipinski definition) is 5. The SMILES string of the molecule is CN(C)Cc1ccc(S(=O)(=O)n2ccc(C/C=C/NO)c2)cc1. The number of hydroxylamine groups is 1. The Balaban J connectivity index is 2.19. The van der Waals surface area contributed by atoms with Crippen LogP contribution in [0.15, 0.2) is 59.9 Å². The van der Waals surface area contributed by atoms with Crippen LogP contribution in [-0.2, 0) is 23.0 Å². The minimum absolute atomic E-state index is 0.259. The van der Waals surface area contributed by atoms with Crippen LogP contribution in [0.25, 0.3) is 0 Å². The topological polar surface area (TPSA) is 74.6 Å². The third-order valence-corrected chi connectivity index (χ3v) is 4.92. The van der Waals surface area contributed by atoms with Crippen molar-refractivity contribution in [1.29, 1.82) is 0 Å². The number of aromatic nitrogens is 1. The maximum atomic E-state index is 12.6. The lowest BCUT2D eigenvalue weighted by molar-refractivity contribution is 0.214. The Morgan fingerprint density at radius 2 is 1.87 bits per heavy atom. The molecule has 0 aliphatic carbocycles. The number of hydrogen-bond donors (Lipinski definition) is 2. The average Bonchev–Trinajstić information content (AvgIpc) is 2.97. The number of rotatable bonds is 7. The van der Waals surface area contributed by atoms with Crippen LogP contribution in [0.3, 0.4) is 0 Å². The van der Waals surface area contributed by atoms with E-state index in [1.165, 1.54) is 16.4 Å². The Hall–Kier alpha value is -2.09. The molecule has 1 heterocycles. The van der Waals surface area contributed by atoms with Crippen molar-refractivity contribution in [2.45, 2.75) is 17.9 Å². The molecule has 0 aliphatic rings. The molecule has 0 saturated heterocycles. The molecule has 6 nitrogen and oxygen atoms in total. The largest absolute Gasteiger partial charge is 0.305 e. The molecule has 7 heteroatoms. The van der Waals surface area contributed by atoms with Gasteiger partial charge in [0.1, 0.15) is 0 Å². The van der Waals surface area contributed by atoms with Gasteiger partial charge in [-0.1, -0.05) is 18.2 Å². The van der Waals surface area contributed by atoms with E-state index in [-0.39, 0.29) is 4.90 Å². The molecule has 0 atom stereocenters. The van der Waals surface area contributed by atoms with E-state index >= 15 is 0 Å². The number of benzene rings is 1. The zero-order chi connectivity index (χ0) is 16.9. The molecule has 1 aromatic carbocycles. The fraction of sp³-hybridized carbons (Fsp3) is 0.250. The van der Waals surface area contributed by atoms with Gasteiger partial charge >= 0.3 is 0 Å². The van der Waals surface area contributed by atoms with E-state index in [1.807, 2.05) is 36.6 Å². The van der Waals surface area contributed by atoms with Crippen molar-refractivity contribution in [3.05, 3.63) is 66.1 Å². The summed E-state index contributed by atoms with van der Waals surface area (Å²) >= 11 is 0. The van der Waals surface area contributed by atoms with Crippen molar-refractivity contribution >= 4 is 10.0 Å². The van der Waals surface area contributed by atoms with Crippen LogP contribution in [0.4, 0.5) is 0 Å². The highest BCUT2D eigenvalue weighted by Gasteiger charge is 2.16. The summed E-state index contributed by atoms with van der Waals surface area (Å²) in [5, 5.41) is 8.46. The molecule has 1 aromatic heterocycles. The Morgan fingerprint density at radius 3 is 2.48 bits per heavy atom. The van der Waals surface area contributed by atoms with Crippen LogP contribution in [-0.4, -0.2) is 36.6 Å². The molecule has 0 radical (unpaired) electrons. The first kappa shape index (κ1) is 17.3. The van der Waals surface area contributed by atoms with Crippen molar-refractivity contribution in [2.75, 3.05) is 14.1 Å². The number of allylic oxidation sites excluding steroid dienone is 1. The molecular weight excluding hydrogens is 314 g/mol. The second-order valence-electron chi connectivity index (χ2n) is 5.47. The maximum Gasteiger partial charge on any atom is 0.267 e. The van der Waals surface area contributed by atoms with E-state index < -0.39 is 10.0 Å². The molecule has 0 bridgehead atoms. The predicted octanol–water partition coefficient (Wildman–Crippen LogP) is 1.82. The van der Waals surface area contributed by atoms with Gasteiger partial charge in [-0.15, -0.1) is 0 Å². The normalized spacial score (nSPS) is 12.2. The number of nitrogens with one attached hydrogen (secondary N) is 1. The predicted molar refractivity (Wildman–Crippen MR) is 88.6 cm³/mol. The molecule has 0 amide bonds. The van der Waals surface area contributed by atoms with Gasteiger partial charge in [0.15, 0.2) is 0 Å². The van der Waals surface area contributed by atoms with Gasteiger partial charge in [-0.3, -0.25) is 10.7 Å². The molecule has 0 aliphatic heterocycles. The molecular formula is C16H21N3O3S. The summed E-state index contributed by atoms with van der Waals surface area (Å²) in [6.45, 7) is 0.763. The van der Waals surface area contributed by atoms with E-state index in [0.717, 1.165) is 17.7 Å². The van der Waals surface area contributed by atoms with Gasteiger partial charge in [0.05, 0.1) is 4.90 Å². The summed E-state index contributed by atoms with van der Waals surface area (Å²) in [7, 11) is 0.350. The van der Waals surface area contributed by atoms with E-state index in [0.29, 0.717) is 6.42 Å². The van der Waals surface area contributed by atoms with Gasteiger partial charge in [-0.25, -0.2) is 12.4 Å².